The topological polar surface area (TPSA) is 90.6 Å². The molecule has 0 amide bonds. The molecule has 2 aromatic rings. The second-order valence-corrected chi connectivity index (χ2v) is 9.24. The fourth-order valence-corrected chi connectivity index (χ4v) is 5.21. The van der Waals surface area contributed by atoms with Gasteiger partial charge in [-0.05, 0) is 44.7 Å². The molecule has 1 unspecified atom stereocenters. The predicted molar refractivity (Wildman–Crippen MR) is 123 cm³/mol. The first kappa shape index (κ1) is 22.2. The summed E-state index contributed by atoms with van der Waals surface area (Å²) in [7, 11) is 0. The number of benzene rings is 1. The number of hydrogen-bond donors (Lipinski definition) is 3. The van der Waals surface area contributed by atoms with Gasteiger partial charge in [-0.2, -0.15) is 0 Å². The highest BCUT2D eigenvalue weighted by atomic mass is 16.5. The van der Waals surface area contributed by atoms with Crippen LogP contribution in [0.15, 0.2) is 29.1 Å². The summed E-state index contributed by atoms with van der Waals surface area (Å²) in [6.07, 6.45) is 9.72. The third kappa shape index (κ3) is 5.10. The van der Waals surface area contributed by atoms with Crippen LogP contribution < -0.4 is 10.9 Å². The Morgan fingerprint density at radius 1 is 0.968 bits per heavy atom. The Kier molecular flexibility index (Phi) is 7.25. The number of nitrogens with zero attached hydrogens (tertiary/aromatic N) is 3. The highest BCUT2D eigenvalue weighted by molar-refractivity contribution is 5.76. The van der Waals surface area contributed by atoms with Crippen molar-refractivity contribution in [2.45, 2.75) is 89.1 Å². The molecule has 2 aliphatic rings. The van der Waals surface area contributed by atoms with Crippen LogP contribution in [0.1, 0.15) is 70.8 Å². The first-order chi connectivity index (χ1) is 15.0. The SMILES string of the molecule is CC(Nc1nc2ccccc2n(C2CCN(C3CCCCCCC3)CC2)c1=O)C(O)O. The molecule has 1 saturated heterocycles. The van der Waals surface area contributed by atoms with Crippen molar-refractivity contribution in [3.63, 3.8) is 0 Å². The van der Waals surface area contributed by atoms with Crippen molar-refractivity contribution in [1.82, 2.24) is 14.5 Å². The molecule has 170 valence electrons. The Morgan fingerprint density at radius 2 is 1.61 bits per heavy atom. The van der Waals surface area contributed by atoms with E-state index < -0.39 is 12.3 Å². The number of aromatic nitrogens is 2. The fourth-order valence-electron chi connectivity index (χ4n) is 5.21. The minimum absolute atomic E-state index is 0.125. The van der Waals surface area contributed by atoms with Crippen LogP contribution in [0.25, 0.3) is 11.0 Å². The number of rotatable bonds is 5. The van der Waals surface area contributed by atoms with Crippen LogP contribution in [-0.4, -0.2) is 56.1 Å². The first-order valence-electron chi connectivity index (χ1n) is 11.9. The van der Waals surface area contributed by atoms with Gasteiger partial charge >= 0.3 is 0 Å². The summed E-state index contributed by atoms with van der Waals surface area (Å²) >= 11 is 0. The number of hydrogen-bond acceptors (Lipinski definition) is 6. The molecule has 1 aliphatic heterocycles. The average molecular weight is 429 g/mol. The lowest BCUT2D eigenvalue weighted by Gasteiger charge is -2.39. The van der Waals surface area contributed by atoms with E-state index in [0.717, 1.165) is 37.0 Å². The molecule has 1 aromatic heterocycles. The summed E-state index contributed by atoms with van der Waals surface area (Å²) in [6.45, 7) is 3.67. The van der Waals surface area contributed by atoms with Crippen molar-refractivity contribution in [1.29, 1.82) is 0 Å². The number of piperidine rings is 1. The number of anilines is 1. The summed E-state index contributed by atoms with van der Waals surface area (Å²) in [5.74, 6) is 0.182. The molecular formula is C24H36N4O3. The minimum atomic E-state index is -1.56. The van der Waals surface area contributed by atoms with Gasteiger partial charge in [0.25, 0.3) is 5.56 Å². The van der Waals surface area contributed by atoms with Crippen LogP contribution in [0.2, 0.25) is 0 Å². The van der Waals surface area contributed by atoms with Gasteiger partial charge in [0.05, 0.1) is 17.1 Å². The van der Waals surface area contributed by atoms with Gasteiger partial charge in [0, 0.05) is 25.2 Å². The Morgan fingerprint density at radius 3 is 2.29 bits per heavy atom. The molecule has 0 spiro atoms. The van der Waals surface area contributed by atoms with E-state index in [2.05, 4.69) is 15.2 Å². The summed E-state index contributed by atoms with van der Waals surface area (Å²) in [6, 6.07) is 7.85. The monoisotopic (exact) mass is 428 g/mol. The summed E-state index contributed by atoms with van der Waals surface area (Å²) in [4.78, 5) is 20.5. The average Bonchev–Trinajstić information content (AvgIpc) is 2.74. The van der Waals surface area contributed by atoms with E-state index in [1.165, 1.54) is 44.9 Å². The van der Waals surface area contributed by atoms with Gasteiger partial charge in [-0.1, -0.05) is 44.2 Å². The first-order valence-corrected chi connectivity index (χ1v) is 11.9. The standard InChI is InChI=1S/C24H36N4O3/c1-17(24(30)31)25-22-23(29)28(21-12-8-7-11-20(21)26-22)19-13-15-27(16-14-19)18-9-5-3-2-4-6-10-18/h7-8,11-12,17-19,24,30-31H,2-6,9-10,13-16H2,1H3,(H,25,26). The summed E-state index contributed by atoms with van der Waals surface area (Å²) < 4.78 is 1.89. The predicted octanol–water partition coefficient (Wildman–Crippen LogP) is 3.26. The van der Waals surface area contributed by atoms with Crippen molar-refractivity contribution in [3.05, 3.63) is 34.6 Å². The molecule has 1 saturated carbocycles. The van der Waals surface area contributed by atoms with E-state index in [4.69, 9.17) is 0 Å². The maximum atomic E-state index is 13.4. The number of likely N-dealkylation sites (tertiary alicyclic amines) is 1. The van der Waals surface area contributed by atoms with Crippen molar-refractivity contribution < 1.29 is 10.2 Å². The van der Waals surface area contributed by atoms with Gasteiger partial charge in [0.15, 0.2) is 12.1 Å². The smallest absolute Gasteiger partial charge is 0.294 e. The maximum absolute atomic E-state index is 13.4. The molecule has 1 aromatic carbocycles. The Bertz CT molecular complexity index is 913. The van der Waals surface area contributed by atoms with Gasteiger partial charge in [0.2, 0.25) is 0 Å². The van der Waals surface area contributed by atoms with E-state index >= 15 is 0 Å². The molecule has 31 heavy (non-hydrogen) atoms. The van der Waals surface area contributed by atoms with Crippen LogP contribution in [0.4, 0.5) is 5.82 Å². The molecule has 2 fully saturated rings. The minimum Gasteiger partial charge on any atom is -0.366 e. The Balaban J connectivity index is 1.56. The van der Waals surface area contributed by atoms with Crippen LogP contribution in [0.3, 0.4) is 0 Å². The normalized spacial score (nSPS) is 21.2. The molecule has 0 bridgehead atoms. The third-order valence-corrected chi connectivity index (χ3v) is 7.06. The molecule has 2 heterocycles. The highest BCUT2D eigenvalue weighted by Gasteiger charge is 2.28. The summed E-state index contributed by atoms with van der Waals surface area (Å²) in [5.41, 5.74) is 1.40. The number of nitrogens with one attached hydrogen (secondary N) is 1. The molecule has 7 nitrogen and oxygen atoms in total. The van der Waals surface area contributed by atoms with Gasteiger partial charge < -0.3 is 25.0 Å². The van der Waals surface area contributed by atoms with Gasteiger partial charge in [-0.25, -0.2) is 4.98 Å². The zero-order valence-corrected chi connectivity index (χ0v) is 18.5. The van der Waals surface area contributed by atoms with Gasteiger partial charge in [0.1, 0.15) is 0 Å². The highest BCUT2D eigenvalue weighted by Crippen LogP contribution is 2.29. The van der Waals surface area contributed by atoms with E-state index in [9.17, 15) is 15.0 Å². The quantitative estimate of drug-likeness (QED) is 0.634. The van der Waals surface area contributed by atoms with Crippen molar-refractivity contribution in [2.24, 2.45) is 0 Å². The zero-order valence-electron chi connectivity index (χ0n) is 18.5. The summed E-state index contributed by atoms with van der Waals surface area (Å²) in [5, 5.41) is 21.8. The van der Waals surface area contributed by atoms with Crippen molar-refractivity contribution in [2.75, 3.05) is 18.4 Å². The number of fused-ring (bicyclic) bond motifs is 1. The van der Waals surface area contributed by atoms with Crippen LogP contribution in [0, 0.1) is 0 Å². The molecule has 0 radical (unpaired) electrons. The van der Waals surface area contributed by atoms with E-state index in [-0.39, 0.29) is 17.4 Å². The number of aliphatic hydroxyl groups excluding tert-OH is 1. The van der Waals surface area contributed by atoms with E-state index in [1.54, 1.807) is 6.92 Å². The lowest BCUT2D eigenvalue weighted by molar-refractivity contribution is -0.0492. The fraction of sp³-hybridized carbons (Fsp3) is 0.667. The molecule has 1 aliphatic carbocycles. The Hall–Kier alpha value is -1.96. The molecule has 4 rings (SSSR count). The van der Waals surface area contributed by atoms with Gasteiger partial charge in [-0.3, -0.25) is 4.79 Å². The Labute approximate surface area is 184 Å². The lowest BCUT2D eigenvalue weighted by atomic mass is 9.93. The molecule has 3 N–H and O–H groups in total. The second kappa shape index (κ2) is 10.1. The number of para-hydroxylation sites is 2. The second-order valence-electron chi connectivity index (χ2n) is 9.24. The lowest BCUT2D eigenvalue weighted by Crippen LogP contribution is -2.44. The van der Waals surface area contributed by atoms with Crippen LogP contribution in [-0.2, 0) is 0 Å². The molecular weight excluding hydrogens is 392 g/mol. The van der Waals surface area contributed by atoms with Crippen LogP contribution in [0.5, 0.6) is 0 Å². The maximum Gasteiger partial charge on any atom is 0.294 e. The van der Waals surface area contributed by atoms with Gasteiger partial charge in [-0.15, -0.1) is 0 Å². The molecule has 7 heteroatoms. The zero-order chi connectivity index (χ0) is 21.8. The van der Waals surface area contributed by atoms with E-state index in [1.807, 2.05) is 28.8 Å². The van der Waals surface area contributed by atoms with Crippen molar-refractivity contribution in [3.8, 4) is 0 Å². The van der Waals surface area contributed by atoms with Crippen LogP contribution >= 0.6 is 0 Å². The third-order valence-electron chi connectivity index (χ3n) is 7.06. The largest absolute Gasteiger partial charge is 0.366 e. The number of aliphatic hydroxyl groups is 2. The van der Waals surface area contributed by atoms with Crippen molar-refractivity contribution >= 4 is 16.9 Å². The van der Waals surface area contributed by atoms with E-state index in [0.29, 0.717) is 6.04 Å². The molecule has 1 atom stereocenters.